The van der Waals surface area contributed by atoms with Crippen LogP contribution >= 0.6 is 0 Å². The van der Waals surface area contributed by atoms with Crippen LogP contribution in [0.4, 0.5) is 10.5 Å². The van der Waals surface area contributed by atoms with E-state index in [-0.39, 0.29) is 12.5 Å². The Balaban J connectivity index is 2.79. The Bertz CT molecular complexity index is 576. The van der Waals surface area contributed by atoms with E-state index in [4.69, 9.17) is 10.4 Å². The largest absolute Gasteiger partial charge is 0.481 e. The summed E-state index contributed by atoms with van der Waals surface area (Å²) in [7, 11) is 1.57. The van der Waals surface area contributed by atoms with Crippen molar-refractivity contribution >= 4 is 17.7 Å². The zero-order valence-electron chi connectivity index (χ0n) is 12.4. The van der Waals surface area contributed by atoms with Gasteiger partial charge in [0.25, 0.3) is 0 Å². The fourth-order valence-corrected chi connectivity index (χ4v) is 1.83. The molecule has 1 rings (SSSR count). The Morgan fingerprint density at radius 1 is 1.38 bits per heavy atom. The minimum absolute atomic E-state index is 0.0220. The maximum Gasteiger partial charge on any atom is 0.322 e. The molecule has 0 aliphatic carbocycles. The maximum atomic E-state index is 12.2. The SMILES string of the molecule is CN(C(=O)NC(C)(C)CCC(=O)O)c1ccccc1C#N. The summed E-state index contributed by atoms with van der Waals surface area (Å²) in [5.41, 5.74) is 0.260. The first-order valence-corrected chi connectivity index (χ1v) is 6.53. The molecule has 0 unspecified atom stereocenters. The van der Waals surface area contributed by atoms with Crippen molar-refractivity contribution in [1.82, 2.24) is 5.32 Å². The van der Waals surface area contributed by atoms with Gasteiger partial charge in [0.15, 0.2) is 0 Å². The predicted octanol–water partition coefficient (Wildman–Crippen LogP) is 2.35. The van der Waals surface area contributed by atoms with Gasteiger partial charge in [-0.05, 0) is 32.4 Å². The minimum atomic E-state index is -0.902. The lowest BCUT2D eigenvalue weighted by molar-refractivity contribution is -0.137. The van der Waals surface area contributed by atoms with E-state index >= 15 is 0 Å². The lowest BCUT2D eigenvalue weighted by Crippen LogP contribution is -2.49. The molecule has 0 saturated heterocycles. The zero-order valence-corrected chi connectivity index (χ0v) is 12.4. The molecule has 2 N–H and O–H groups in total. The molecule has 0 bridgehead atoms. The first-order valence-electron chi connectivity index (χ1n) is 6.53. The van der Waals surface area contributed by atoms with E-state index in [0.29, 0.717) is 17.7 Å². The number of nitrogens with one attached hydrogen (secondary N) is 1. The second-order valence-electron chi connectivity index (χ2n) is 5.40. The molecule has 0 saturated carbocycles. The van der Waals surface area contributed by atoms with Gasteiger partial charge in [-0.1, -0.05) is 12.1 Å². The number of para-hydroxylation sites is 1. The number of urea groups is 1. The standard InChI is InChI=1S/C15H19N3O3/c1-15(2,9-8-13(19)20)17-14(21)18(3)12-7-5-4-6-11(12)10-16/h4-7H,8-9H2,1-3H3,(H,17,21)(H,19,20). The van der Waals surface area contributed by atoms with Crippen LogP contribution in [0.15, 0.2) is 24.3 Å². The Labute approximate surface area is 124 Å². The highest BCUT2D eigenvalue weighted by Crippen LogP contribution is 2.19. The van der Waals surface area contributed by atoms with Gasteiger partial charge in [-0.15, -0.1) is 0 Å². The van der Waals surface area contributed by atoms with E-state index in [1.165, 1.54) is 4.90 Å². The summed E-state index contributed by atoms with van der Waals surface area (Å²) in [6.07, 6.45) is 0.299. The number of hydrogen-bond donors (Lipinski definition) is 2. The van der Waals surface area contributed by atoms with E-state index in [1.807, 2.05) is 6.07 Å². The van der Waals surface area contributed by atoms with Crippen molar-refractivity contribution in [3.63, 3.8) is 0 Å². The third kappa shape index (κ3) is 4.80. The van der Waals surface area contributed by atoms with Gasteiger partial charge >= 0.3 is 12.0 Å². The molecule has 0 aromatic heterocycles. The molecule has 0 radical (unpaired) electrons. The quantitative estimate of drug-likeness (QED) is 0.870. The predicted molar refractivity (Wildman–Crippen MR) is 79.0 cm³/mol. The summed E-state index contributed by atoms with van der Waals surface area (Å²) in [6, 6.07) is 8.44. The van der Waals surface area contributed by atoms with Crippen LogP contribution in [-0.4, -0.2) is 29.7 Å². The summed E-state index contributed by atoms with van der Waals surface area (Å²) in [5, 5.41) is 20.5. The van der Waals surface area contributed by atoms with Crippen LogP contribution in [0, 0.1) is 11.3 Å². The van der Waals surface area contributed by atoms with Crippen molar-refractivity contribution in [1.29, 1.82) is 5.26 Å². The molecule has 2 amide bonds. The summed E-state index contributed by atoms with van der Waals surface area (Å²) >= 11 is 0. The fraction of sp³-hybridized carbons (Fsp3) is 0.400. The lowest BCUT2D eigenvalue weighted by Gasteiger charge is -2.29. The smallest absolute Gasteiger partial charge is 0.322 e. The lowest BCUT2D eigenvalue weighted by atomic mass is 9.99. The zero-order chi connectivity index (χ0) is 16.0. The molecule has 6 nitrogen and oxygen atoms in total. The van der Waals surface area contributed by atoms with Crippen molar-refractivity contribution in [2.45, 2.75) is 32.2 Å². The van der Waals surface area contributed by atoms with Crippen molar-refractivity contribution in [3.8, 4) is 6.07 Å². The number of carbonyl (C=O) groups is 2. The van der Waals surface area contributed by atoms with Crippen LogP contribution in [-0.2, 0) is 4.79 Å². The molecule has 0 aliphatic heterocycles. The summed E-state index contributed by atoms with van der Waals surface area (Å²) < 4.78 is 0. The van der Waals surface area contributed by atoms with E-state index in [1.54, 1.807) is 45.2 Å². The van der Waals surface area contributed by atoms with Gasteiger partial charge in [0.1, 0.15) is 6.07 Å². The molecule has 0 spiro atoms. The van der Waals surface area contributed by atoms with Crippen LogP contribution in [0.3, 0.4) is 0 Å². The number of benzene rings is 1. The number of nitrogens with zero attached hydrogens (tertiary/aromatic N) is 2. The van der Waals surface area contributed by atoms with Crippen LogP contribution in [0.5, 0.6) is 0 Å². The van der Waals surface area contributed by atoms with Crippen molar-refractivity contribution in [3.05, 3.63) is 29.8 Å². The van der Waals surface area contributed by atoms with E-state index in [9.17, 15) is 9.59 Å². The third-order valence-corrected chi connectivity index (χ3v) is 3.10. The number of aliphatic carboxylic acids is 1. The first-order chi connectivity index (χ1) is 9.76. The molecule has 1 aromatic carbocycles. The van der Waals surface area contributed by atoms with E-state index < -0.39 is 11.5 Å². The summed E-state index contributed by atoms with van der Waals surface area (Å²) in [6.45, 7) is 3.52. The Hall–Kier alpha value is -2.55. The molecule has 112 valence electrons. The number of rotatable bonds is 5. The van der Waals surface area contributed by atoms with Crippen molar-refractivity contribution in [2.24, 2.45) is 0 Å². The molecule has 0 aliphatic rings. The molecule has 0 fully saturated rings. The Morgan fingerprint density at radius 2 is 2.00 bits per heavy atom. The van der Waals surface area contributed by atoms with Crippen LogP contribution in [0.25, 0.3) is 0 Å². The van der Waals surface area contributed by atoms with Gasteiger partial charge in [-0.2, -0.15) is 5.26 Å². The fourth-order valence-electron chi connectivity index (χ4n) is 1.83. The molecule has 21 heavy (non-hydrogen) atoms. The molecule has 0 atom stereocenters. The molecular formula is C15H19N3O3. The maximum absolute atomic E-state index is 12.2. The van der Waals surface area contributed by atoms with Gasteiger partial charge in [0.05, 0.1) is 11.3 Å². The molecule has 1 aromatic rings. The van der Waals surface area contributed by atoms with Gasteiger partial charge in [0.2, 0.25) is 0 Å². The second-order valence-corrected chi connectivity index (χ2v) is 5.40. The molecular weight excluding hydrogens is 270 g/mol. The number of anilines is 1. The van der Waals surface area contributed by atoms with E-state index in [0.717, 1.165) is 0 Å². The topological polar surface area (TPSA) is 93.4 Å². The van der Waals surface area contributed by atoms with Crippen LogP contribution in [0.1, 0.15) is 32.3 Å². The number of nitriles is 1. The highest BCUT2D eigenvalue weighted by molar-refractivity contribution is 5.93. The molecule has 0 heterocycles. The van der Waals surface area contributed by atoms with Gasteiger partial charge in [-0.3, -0.25) is 9.69 Å². The first kappa shape index (κ1) is 16.5. The number of carbonyl (C=O) groups excluding carboxylic acids is 1. The molecule has 6 heteroatoms. The normalized spacial score (nSPS) is 10.6. The number of hydrogen-bond acceptors (Lipinski definition) is 3. The average molecular weight is 289 g/mol. The number of carboxylic acids is 1. The second kappa shape index (κ2) is 6.75. The van der Waals surface area contributed by atoms with Crippen molar-refractivity contribution in [2.75, 3.05) is 11.9 Å². The van der Waals surface area contributed by atoms with Gasteiger partial charge in [-0.25, -0.2) is 4.79 Å². The van der Waals surface area contributed by atoms with Gasteiger partial charge in [0, 0.05) is 19.0 Å². The summed E-state index contributed by atoms with van der Waals surface area (Å²) in [4.78, 5) is 24.2. The monoisotopic (exact) mass is 289 g/mol. The van der Waals surface area contributed by atoms with Crippen LogP contribution in [0.2, 0.25) is 0 Å². The summed E-state index contributed by atoms with van der Waals surface area (Å²) in [5.74, 6) is -0.902. The number of amides is 2. The highest BCUT2D eigenvalue weighted by Gasteiger charge is 2.24. The minimum Gasteiger partial charge on any atom is -0.481 e. The third-order valence-electron chi connectivity index (χ3n) is 3.10. The Morgan fingerprint density at radius 3 is 2.57 bits per heavy atom. The highest BCUT2D eigenvalue weighted by atomic mass is 16.4. The van der Waals surface area contributed by atoms with Crippen molar-refractivity contribution < 1.29 is 14.7 Å². The number of carboxylic acid groups (broad SMARTS) is 1. The van der Waals surface area contributed by atoms with E-state index in [2.05, 4.69) is 5.32 Å². The Kier molecular flexibility index (Phi) is 5.30. The van der Waals surface area contributed by atoms with Crippen LogP contribution < -0.4 is 10.2 Å². The average Bonchev–Trinajstić information content (AvgIpc) is 2.44. The van der Waals surface area contributed by atoms with Gasteiger partial charge < -0.3 is 10.4 Å².